The quantitative estimate of drug-likeness (QED) is 0.373. The normalized spacial score (nSPS) is 11.0. The maximum absolute atomic E-state index is 13.3. The van der Waals surface area contributed by atoms with Gasteiger partial charge in [-0.15, -0.1) is 11.8 Å². The fraction of sp³-hybridized carbons (Fsp3) is 0.0870. The highest BCUT2D eigenvalue weighted by Gasteiger charge is 2.11. The number of hydrogen-bond donors (Lipinski definition) is 1. The number of para-hydroxylation sites is 1. The molecular formula is C23H18ClFN2OS. The van der Waals surface area contributed by atoms with Crippen molar-refractivity contribution < 1.29 is 9.18 Å². The van der Waals surface area contributed by atoms with Crippen LogP contribution in [0.15, 0.2) is 83.9 Å². The Labute approximate surface area is 177 Å². The summed E-state index contributed by atoms with van der Waals surface area (Å²) in [7, 11) is 0. The molecular weight excluding hydrogens is 407 g/mol. The zero-order valence-electron chi connectivity index (χ0n) is 15.4. The van der Waals surface area contributed by atoms with Crippen LogP contribution in [0.4, 0.5) is 10.1 Å². The molecule has 0 atom stereocenters. The number of thioether (sulfide) groups is 1. The number of nitrogens with one attached hydrogen (secondary N) is 1. The van der Waals surface area contributed by atoms with Crippen molar-refractivity contribution in [2.75, 3.05) is 11.1 Å². The van der Waals surface area contributed by atoms with Crippen LogP contribution in [0.5, 0.6) is 0 Å². The van der Waals surface area contributed by atoms with E-state index >= 15 is 0 Å². The van der Waals surface area contributed by atoms with Crippen molar-refractivity contribution in [3.63, 3.8) is 0 Å². The molecule has 29 heavy (non-hydrogen) atoms. The molecule has 146 valence electrons. The summed E-state index contributed by atoms with van der Waals surface area (Å²) in [6, 6.07) is 21.8. The van der Waals surface area contributed by atoms with Gasteiger partial charge in [0.25, 0.3) is 0 Å². The van der Waals surface area contributed by atoms with Crippen molar-refractivity contribution >= 4 is 45.9 Å². The largest absolute Gasteiger partial charge is 0.342 e. The third-order valence-electron chi connectivity index (χ3n) is 4.49. The number of hydrogen-bond acceptors (Lipinski definition) is 2. The highest BCUT2D eigenvalue weighted by molar-refractivity contribution is 8.00. The lowest BCUT2D eigenvalue weighted by atomic mass is 10.2. The molecule has 0 aliphatic rings. The van der Waals surface area contributed by atoms with E-state index in [1.165, 1.54) is 23.9 Å². The van der Waals surface area contributed by atoms with Gasteiger partial charge in [-0.3, -0.25) is 4.79 Å². The van der Waals surface area contributed by atoms with Crippen molar-refractivity contribution in [1.82, 2.24) is 4.57 Å². The molecule has 1 aromatic heterocycles. The molecule has 0 radical (unpaired) electrons. The summed E-state index contributed by atoms with van der Waals surface area (Å²) in [5.41, 5.74) is 2.71. The number of fused-ring (bicyclic) bond motifs is 1. The summed E-state index contributed by atoms with van der Waals surface area (Å²) in [5, 5.41) is 4.55. The summed E-state index contributed by atoms with van der Waals surface area (Å²) >= 11 is 7.45. The van der Waals surface area contributed by atoms with E-state index < -0.39 is 0 Å². The number of amides is 1. The molecule has 0 unspecified atom stereocenters. The fourth-order valence-corrected chi connectivity index (χ4v) is 4.17. The first-order valence-corrected chi connectivity index (χ1v) is 10.5. The molecule has 0 saturated carbocycles. The summed E-state index contributed by atoms with van der Waals surface area (Å²) in [4.78, 5) is 13.3. The van der Waals surface area contributed by atoms with E-state index in [-0.39, 0.29) is 17.5 Å². The number of halogens is 2. The Morgan fingerprint density at radius 2 is 1.83 bits per heavy atom. The standard InChI is InChI=1S/C23H18ClFN2OS/c24-17-10-8-16(9-11-17)13-27-14-22(20-6-1-2-7-21(20)27)29-15-23(28)26-19-5-3-4-18(25)12-19/h1-12,14H,13,15H2,(H,26,28). The van der Waals surface area contributed by atoms with Gasteiger partial charge in [0.1, 0.15) is 5.82 Å². The number of benzene rings is 3. The van der Waals surface area contributed by atoms with Gasteiger partial charge in [-0.25, -0.2) is 4.39 Å². The van der Waals surface area contributed by atoms with Crippen LogP contribution in [0, 0.1) is 5.82 Å². The summed E-state index contributed by atoms with van der Waals surface area (Å²) in [6.45, 7) is 0.716. The van der Waals surface area contributed by atoms with E-state index in [9.17, 15) is 9.18 Å². The zero-order chi connectivity index (χ0) is 20.2. The molecule has 0 spiro atoms. The van der Waals surface area contributed by atoms with Gasteiger partial charge >= 0.3 is 0 Å². The molecule has 0 saturated heterocycles. The Hall–Kier alpha value is -2.76. The molecule has 0 aliphatic carbocycles. The fourth-order valence-electron chi connectivity index (χ4n) is 3.15. The van der Waals surface area contributed by atoms with Gasteiger partial charge in [0.2, 0.25) is 5.91 Å². The summed E-state index contributed by atoms with van der Waals surface area (Å²) in [6.07, 6.45) is 2.07. The third kappa shape index (κ3) is 4.81. The third-order valence-corrected chi connectivity index (χ3v) is 5.78. The molecule has 6 heteroatoms. The second-order valence-corrected chi connectivity index (χ2v) is 8.07. The number of rotatable bonds is 6. The minimum atomic E-state index is -0.374. The average Bonchev–Trinajstić information content (AvgIpc) is 3.06. The number of carbonyl (C=O) groups excluding carboxylic acids is 1. The Morgan fingerprint density at radius 1 is 1.03 bits per heavy atom. The second-order valence-electron chi connectivity index (χ2n) is 6.61. The monoisotopic (exact) mass is 424 g/mol. The van der Waals surface area contributed by atoms with Gasteiger partial charge in [0, 0.05) is 39.3 Å². The van der Waals surface area contributed by atoms with Crippen LogP contribution in [0.25, 0.3) is 10.9 Å². The van der Waals surface area contributed by atoms with Gasteiger partial charge in [-0.2, -0.15) is 0 Å². The van der Waals surface area contributed by atoms with Crippen molar-refractivity contribution in [3.8, 4) is 0 Å². The molecule has 1 N–H and O–H groups in total. The van der Waals surface area contributed by atoms with Crippen LogP contribution in [0.2, 0.25) is 5.02 Å². The lowest BCUT2D eigenvalue weighted by molar-refractivity contribution is -0.113. The van der Waals surface area contributed by atoms with Crippen LogP contribution in [-0.4, -0.2) is 16.2 Å². The van der Waals surface area contributed by atoms with E-state index in [2.05, 4.69) is 28.2 Å². The van der Waals surface area contributed by atoms with Crippen molar-refractivity contribution in [3.05, 3.63) is 95.4 Å². The molecule has 4 rings (SSSR count). The molecule has 0 bridgehead atoms. The molecule has 0 fully saturated rings. The molecule has 0 aliphatic heterocycles. The van der Waals surface area contributed by atoms with Crippen molar-refractivity contribution in [2.24, 2.45) is 0 Å². The number of nitrogens with zero attached hydrogens (tertiary/aromatic N) is 1. The van der Waals surface area contributed by atoms with E-state index in [0.717, 1.165) is 21.4 Å². The molecule has 1 heterocycles. The Kier molecular flexibility index (Phi) is 5.88. The van der Waals surface area contributed by atoms with Gasteiger partial charge in [0.05, 0.1) is 5.75 Å². The number of aromatic nitrogens is 1. The maximum Gasteiger partial charge on any atom is 0.234 e. The van der Waals surface area contributed by atoms with E-state index in [4.69, 9.17) is 11.6 Å². The van der Waals surface area contributed by atoms with Crippen LogP contribution < -0.4 is 5.32 Å². The maximum atomic E-state index is 13.3. The van der Waals surface area contributed by atoms with Gasteiger partial charge in [-0.05, 0) is 42.0 Å². The SMILES string of the molecule is O=C(CSc1cn(Cc2ccc(Cl)cc2)c2ccccc12)Nc1cccc(F)c1. The summed E-state index contributed by atoms with van der Waals surface area (Å²) in [5.74, 6) is -0.304. The topological polar surface area (TPSA) is 34.0 Å². The van der Waals surface area contributed by atoms with E-state index in [1.807, 2.05) is 36.4 Å². The minimum absolute atomic E-state index is 0.171. The lowest BCUT2D eigenvalue weighted by Gasteiger charge is -2.05. The van der Waals surface area contributed by atoms with Gasteiger partial charge in [0.15, 0.2) is 0 Å². The number of carbonyl (C=O) groups is 1. The van der Waals surface area contributed by atoms with E-state index in [0.29, 0.717) is 17.3 Å². The van der Waals surface area contributed by atoms with Crippen molar-refractivity contribution in [1.29, 1.82) is 0 Å². The summed E-state index contributed by atoms with van der Waals surface area (Å²) < 4.78 is 15.5. The second kappa shape index (κ2) is 8.72. The first-order valence-electron chi connectivity index (χ1n) is 9.09. The smallest absolute Gasteiger partial charge is 0.234 e. The predicted molar refractivity (Wildman–Crippen MR) is 118 cm³/mol. The van der Waals surface area contributed by atoms with Gasteiger partial charge in [-0.1, -0.05) is 48.0 Å². The minimum Gasteiger partial charge on any atom is -0.342 e. The first-order chi connectivity index (χ1) is 14.1. The van der Waals surface area contributed by atoms with Crippen LogP contribution in [0.1, 0.15) is 5.56 Å². The van der Waals surface area contributed by atoms with Crippen LogP contribution in [0.3, 0.4) is 0 Å². The number of anilines is 1. The van der Waals surface area contributed by atoms with Crippen molar-refractivity contribution in [2.45, 2.75) is 11.4 Å². The molecule has 3 aromatic carbocycles. The predicted octanol–water partition coefficient (Wildman–Crippen LogP) is 6.21. The molecule has 1 amide bonds. The highest BCUT2D eigenvalue weighted by atomic mass is 35.5. The van der Waals surface area contributed by atoms with E-state index in [1.54, 1.807) is 12.1 Å². The zero-order valence-corrected chi connectivity index (χ0v) is 17.0. The first kappa shape index (κ1) is 19.6. The lowest BCUT2D eigenvalue weighted by Crippen LogP contribution is -2.13. The Balaban J connectivity index is 1.50. The molecule has 4 aromatic rings. The van der Waals surface area contributed by atoms with Crippen LogP contribution >= 0.6 is 23.4 Å². The molecule has 3 nitrogen and oxygen atoms in total. The van der Waals surface area contributed by atoms with Gasteiger partial charge < -0.3 is 9.88 Å². The Morgan fingerprint density at radius 3 is 2.62 bits per heavy atom. The Bertz CT molecular complexity index is 1160. The highest BCUT2D eigenvalue weighted by Crippen LogP contribution is 2.30. The van der Waals surface area contributed by atoms with Crippen LogP contribution in [-0.2, 0) is 11.3 Å². The average molecular weight is 425 g/mol.